The van der Waals surface area contributed by atoms with Crippen LogP contribution in [0.3, 0.4) is 0 Å². The van der Waals surface area contributed by atoms with Gasteiger partial charge in [-0.05, 0) is 25.8 Å². The second-order valence-corrected chi connectivity index (χ2v) is 6.86. The van der Waals surface area contributed by atoms with Gasteiger partial charge in [0.1, 0.15) is 5.15 Å². The number of nitrogens with one attached hydrogen (secondary N) is 1. The lowest BCUT2D eigenvalue weighted by atomic mass is 10.2. The first-order chi connectivity index (χ1) is 12.2. The summed E-state index contributed by atoms with van der Waals surface area (Å²) in [5.74, 6) is -0.874. The molecule has 1 aromatic heterocycles. The van der Waals surface area contributed by atoms with Crippen molar-refractivity contribution in [2.45, 2.75) is 40.3 Å². The number of esters is 1. The smallest absolute Gasteiger partial charge is 0.331 e. The third-order valence-electron chi connectivity index (χ3n) is 3.80. The molecule has 1 aromatic rings. The predicted octanol–water partition coefficient (Wildman–Crippen LogP) is 2.00. The standard InChI is InChI=1S/C17H23ClN4O4/c1-10(2)9-22-15(18)13(11(3)20-22)5-6-14(23)26-12(4)16(24)21-8-7-19-17(21)25/h5-6,10,12H,7-9H2,1-4H3,(H,19,25)/b6-5+/t12-/m1/s1. The monoisotopic (exact) mass is 382 g/mol. The average Bonchev–Trinajstić information content (AvgIpc) is 3.08. The van der Waals surface area contributed by atoms with Gasteiger partial charge in [-0.25, -0.2) is 9.59 Å². The van der Waals surface area contributed by atoms with Gasteiger partial charge in [0, 0.05) is 31.3 Å². The van der Waals surface area contributed by atoms with E-state index in [1.54, 1.807) is 11.6 Å². The lowest BCUT2D eigenvalue weighted by molar-refractivity contribution is -0.153. The molecule has 0 unspecified atom stereocenters. The molecule has 1 N–H and O–H groups in total. The zero-order valence-corrected chi connectivity index (χ0v) is 16.0. The number of imide groups is 1. The van der Waals surface area contributed by atoms with Gasteiger partial charge in [0.15, 0.2) is 6.10 Å². The Hall–Kier alpha value is -2.35. The molecule has 26 heavy (non-hydrogen) atoms. The van der Waals surface area contributed by atoms with Crippen molar-refractivity contribution in [1.82, 2.24) is 20.0 Å². The Morgan fingerprint density at radius 3 is 2.65 bits per heavy atom. The maximum absolute atomic E-state index is 12.1. The topological polar surface area (TPSA) is 93.5 Å². The Bertz CT molecular complexity index is 741. The summed E-state index contributed by atoms with van der Waals surface area (Å²) in [4.78, 5) is 36.6. The Balaban J connectivity index is 2.00. The van der Waals surface area contributed by atoms with Crippen molar-refractivity contribution < 1.29 is 19.1 Å². The largest absolute Gasteiger partial charge is 0.449 e. The highest BCUT2D eigenvalue weighted by molar-refractivity contribution is 6.31. The van der Waals surface area contributed by atoms with Crippen LogP contribution in [-0.4, -0.2) is 51.8 Å². The number of rotatable bonds is 6. The van der Waals surface area contributed by atoms with Gasteiger partial charge in [0.05, 0.1) is 5.69 Å². The highest BCUT2D eigenvalue weighted by atomic mass is 35.5. The zero-order chi connectivity index (χ0) is 19.4. The number of halogens is 1. The van der Waals surface area contributed by atoms with Crippen LogP contribution in [-0.2, 0) is 20.9 Å². The Morgan fingerprint density at radius 2 is 2.08 bits per heavy atom. The van der Waals surface area contributed by atoms with Crippen molar-refractivity contribution in [3.05, 3.63) is 22.5 Å². The van der Waals surface area contributed by atoms with E-state index in [2.05, 4.69) is 24.3 Å². The number of nitrogens with zero attached hydrogens (tertiary/aromatic N) is 3. The number of carbonyl (C=O) groups excluding carboxylic acids is 3. The van der Waals surface area contributed by atoms with E-state index in [-0.39, 0.29) is 6.54 Å². The van der Waals surface area contributed by atoms with E-state index in [0.717, 1.165) is 4.90 Å². The molecule has 0 bridgehead atoms. The summed E-state index contributed by atoms with van der Waals surface area (Å²) in [6.07, 6.45) is 1.66. The first-order valence-corrected chi connectivity index (χ1v) is 8.79. The summed E-state index contributed by atoms with van der Waals surface area (Å²) < 4.78 is 6.76. The highest BCUT2D eigenvalue weighted by Crippen LogP contribution is 2.22. The van der Waals surface area contributed by atoms with E-state index in [1.807, 2.05) is 0 Å². The van der Waals surface area contributed by atoms with E-state index >= 15 is 0 Å². The minimum Gasteiger partial charge on any atom is -0.449 e. The van der Waals surface area contributed by atoms with Crippen molar-refractivity contribution in [3.8, 4) is 0 Å². The van der Waals surface area contributed by atoms with Crippen LogP contribution in [0.4, 0.5) is 4.79 Å². The molecular formula is C17H23ClN4O4. The van der Waals surface area contributed by atoms with Crippen LogP contribution in [0.25, 0.3) is 6.08 Å². The molecule has 1 fully saturated rings. The van der Waals surface area contributed by atoms with Crippen LogP contribution in [0.15, 0.2) is 6.08 Å². The van der Waals surface area contributed by atoms with Gasteiger partial charge in [-0.2, -0.15) is 5.10 Å². The summed E-state index contributed by atoms with van der Waals surface area (Å²) >= 11 is 6.31. The number of urea groups is 1. The first kappa shape index (κ1) is 20.0. The molecule has 0 saturated carbocycles. The first-order valence-electron chi connectivity index (χ1n) is 8.41. The lowest BCUT2D eigenvalue weighted by Gasteiger charge is -2.17. The van der Waals surface area contributed by atoms with Crippen LogP contribution in [0.2, 0.25) is 5.15 Å². The van der Waals surface area contributed by atoms with E-state index in [1.165, 1.54) is 19.1 Å². The van der Waals surface area contributed by atoms with Crippen LogP contribution in [0.1, 0.15) is 32.0 Å². The third-order valence-corrected chi connectivity index (χ3v) is 4.20. The molecule has 9 heteroatoms. The Labute approximate surface area is 157 Å². The SMILES string of the molecule is Cc1nn(CC(C)C)c(Cl)c1/C=C/C(=O)O[C@H](C)C(=O)N1CCNC1=O. The van der Waals surface area contributed by atoms with Crippen molar-refractivity contribution in [2.24, 2.45) is 5.92 Å². The molecular weight excluding hydrogens is 360 g/mol. The molecule has 1 aliphatic heterocycles. The van der Waals surface area contributed by atoms with Crippen LogP contribution >= 0.6 is 11.6 Å². The molecule has 8 nitrogen and oxygen atoms in total. The average molecular weight is 383 g/mol. The summed E-state index contributed by atoms with van der Waals surface area (Å²) in [6.45, 7) is 8.66. The molecule has 0 aliphatic carbocycles. The fourth-order valence-corrected chi connectivity index (χ4v) is 2.85. The summed E-state index contributed by atoms with van der Waals surface area (Å²) in [5, 5.41) is 7.32. The molecule has 2 heterocycles. The fraction of sp³-hybridized carbons (Fsp3) is 0.529. The van der Waals surface area contributed by atoms with Gasteiger partial charge in [0.25, 0.3) is 5.91 Å². The van der Waals surface area contributed by atoms with Crippen LogP contribution < -0.4 is 5.32 Å². The summed E-state index contributed by atoms with van der Waals surface area (Å²) in [5.41, 5.74) is 1.32. The maximum Gasteiger partial charge on any atom is 0.331 e. The molecule has 0 spiro atoms. The number of hydrogen-bond acceptors (Lipinski definition) is 5. The second-order valence-electron chi connectivity index (χ2n) is 6.50. The third kappa shape index (κ3) is 4.63. The van der Waals surface area contributed by atoms with Gasteiger partial charge >= 0.3 is 12.0 Å². The normalized spacial score (nSPS) is 15.6. The number of amides is 3. The second kappa shape index (κ2) is 8.35. The van der Waals surface area contributed by atoms with E-state index in [9.17, 15) is 14.4 Å². The lowest BCUT2D eigenvalue weighted by Crippen LogP contribution is -2.41. The molecule has 1 atom stereocenters. The molecule has 142 valence electrons. The number of aromatic nitrogens is 2. The molecule has 1 saturated heterocycles. The predicted molar refractivity (Wildman–Crippen MR) is 96.5 cm³/mol. The number of hydrogen-bond donors (Lipinski definition) is 1. The molecule has 0 aromatic carbocycles. The van der Waals surface area contributed by atoms with Crippen molar-refractivity contribution in [1.29, 1.82) is 0 Å². The number of aryl methyl sites for hydroxylation is 1. The highest BCUT2D eigenvalue weighted by Gasteiger charge is 2.31. The minimum atomic E-state index is -1.06. The Morgan fingerprint density at radius 1 is 1.38 bits per heavy atom. The molecule has 0 radical (unpaired) electrons. The van der Waals surface area contributed by atoms with E-state index in [4.69, 9.17) is 16.3 Å². The van der Waals surface area contributed by atoms with E-state index in [0.29, 0.717) is 35.4 Å². The Kier molecular flexibility index (Phi) is 6.42. The molecule has 1 aliphatic rings. The quantitative estimate of drug-likeness (QED) is 0.600. The van der Waals surface area contributed by atoms with Crippen molar-refractivity contribution in [3.63, 3.8) is 0 Å². The van der Waals surface area contributed by atoms with Gasteiger partial charge < -0.3 is 10.1 Å². The van der Waals surface area contributed by atoms with Crippen molar-refractivity contribution >= 4 is 35.6 Å². The maximum atomic E-state index is 12.1. The molecule has 3 amide bonds. The van der Waals surface area contributed by atoms with Gasteiger partial charge in [-0.15, -0.1) is 0 Å². The van der Waals surface area contributed by atoms with Crippen LogP contribution in [0.5, 0.6) is 0 Å². The molecule has 2 rings (SSSR count). The van der Waals surface area contributed by atoms with E-state index < -0.39 is 24.0 Å². The zero-order valence-electron chi connectivity index (χ0n) is 15.3. The van der Waals surface area contributed by atoms with Gasteiger partial charge in [0.2, 0.25) is 0 Å². The number of carbonyl (C=O) groups is 3. The summed E-state index contributed by atoms with van der Waals surface area (Å²) in [7, 11) is 0. The van der Waals surface area contributed by atoms with Gasteiger partial charge in [-0.3, -0.25) is 14.4 Å². The van der Waals surface area contributed by atoms with Crippen LogP contribution in [0, 0.1) is 12.8 Å². The number of ether oxygens (including phenoxy) is 1. The van der Waals surface area contributed by atoms with Gasteiger partial charge in [-0.1, -0.05) is 25.4 Å². The summed E-state index contributed by atoms with van der Waals surface area (Å²) in [6, 6.07) is -0.478. The minimum absolute atomic E-state index is 0.263. The van der Waals surface area contributed by atoms with Crippen molar-refractivity contribution in [2.75, 3.05) is 13.1 Å². The fourth-order valence-electron chi connectivity index (χ4n) is 2.54.